The van der Waals surface area contributed by atoms with Gasteiger partial charge < -0.3 is 4.74 Å². The van der Waals surface area contributed by atoms with Gasteiger partial charge in [-0.2, -0.15) is 5.10 Å². The van der Waals surface area contributed by atoms with Crippen molar-refractivity contribution in [3.8, 4) is 0 Å². The van der Waals surface area contributed by atoms with E-state index in [1.165, 1.54) is 6.33 Å². The monoisotopic (exact) mass is 239 g/mol. The molecule has 0 saturated heterocycles. The Labute approximate surface area is 102 Å². The van der Waals surface area contributed by atoms with E-state index in [1.807, 2.05) is 27.7 Å². The molecular weight excluding hydrogens is 218 g/mol. The number of carbonyl (C=O) groups excluding carboxylic acids is 1. The molecule has 0 amide bonds. The molecule has 5 heteroatoms. The summed E-state index contributed by atoms with van der Waals surface area (Å²) in [6.45, 7) is 8.44. The maximum Gasteiger partial charge on any atom is 0.169 e. The molecule has 5 nitrogen and oxygen atoms in total. The first kappa shape index (κ1) is 13.8. The molecule has 0 aliphatic rings. The molecule has 0 bridgehead atoms. The highest BCUT2D eigenvalue weighted by atomic mass is 16.5. The molecule has 96 valence electrons. The fourth-order valence-electron chi connectivity index (χ4n) is 1.72. The summed E-state index contributed by atoms with van der Waals surface area (Å²) in [6, 6.07) is 0. The van der Waals surface area contributed by atoms with Gasteiger partial charge in [-0.25, -0.2) is 4.98 Å². The van der Waals surface area contributed by atoms with Crippen molar-refractivity contribution in [3.63, 3.8) is 0 Å². The van der Waals surface area contributed by atoms with Gasteiger partial charge in [0.2, 0.25) is 0 Å². The number of ketones is 1. The van der Waals surface area contributed by atoms with E-state index < -0.39 is 6.10 Å². The Morgan fingerprint density at radius 3 is 2.59 bits per heavy atom. The van der Waals surface area contributed by atoms with Gasteiger partial charge in [0.05, 0.1) is 6.42 Å². The summed E-state index contributed by atoms with van der Waals surface area (Å²) in [4.78, 5) is 16.2. The van der Waals surface area contributed by atoms with Crippen LogP contribution in [0.25, 0.3) is 0 Å². The standard InChI is InChI=1S/C12H21N3O2/c1-6-17-11(12(2,3)4)9(16)7-10-13-8-14-15(10)5/h8,11H,6-7H2,1-5H3. The van der Waals surface area contributed by atoms with Gasteiger partial charge in [-0.3, -0.25) is 9.48 Å². The van der Waals surface area contributed by atoms with E-state index in [1.54, 1.807) is 11.7 Å². The van der Waals surface area contributed by atoms with Crippen molar-refractivity contribution in [1.29, 1.82) is 0 Å². The van der Waals surface area contributed by atoms with Crippen molar-refractivity contribution in [3.05, 3.63) is 12.2 Å². The summed E-state index contributed by atoms with van der Waals surface area (Å²) in [5.74, 6) is 0.722. The van der Waals surface area contributed by atoms with Crippen LogP contribution < -0.4 is 0 Å². The molecule has 1 heterocycles. The van der Waals surface area contributed by atoms with Crippen molar-refractivity contribution < 1.29 is 9.53 Å². The molecule has 1 aromatic rings. The van der Waals surface area contributed by atoms with Crippen LogP contribution in [0.15, 0.2) is 6.33 Å². The summed E-state index contributed by atoms with van der Waals surface area (Å²) in [5.41, 5.74) is -0.203. The second-order valence-corrected chi connectivity index (χ2v) is 5.14. The number of aryl methyl sites for hydroxylation is 1. The Morgan fingerprint density at radius 1 is 1.53 bits per heavy atom. The summed E-state index contributed by atoms with van der Waals surface area (Å²) >= 11 is 0. The van der Waals surface area contributed by atoms with Crippen LogP contribution in [0, 0.1) is 5.41 Å². The van der Waals surface area contributed by atoms with Gasteiger partial charge in [0.25, 0.3) is 0 Å². The van der Waals surface area contributed by atoms with Crippen LogP contribution in [0.2, 0.25) is 0 Å². The van der Waals surface area contributed by atoms with E-state index in [4.69, 9.17) is 4.74 Å². The lowest BCUT2D eigenvalue weighted by Gasteiger charge is -2.28. The summed E-state index contributed by atoms with van der Waals surface area (Å²) < 4.78 is 7.16. The van der Waals surface area contributed by atoms with E-state index in [2.05, 4.69) is 10.1 Å². The number of carbonyl (C=O) groups is 1. The molecule has 0 radical (unpaired) electrons. The van der Waals surface area contributed by atoms with Crippen LogP contribution in [-0.4, -0.2) is 33.3 Å². The topological polar surface area (TPSA) is 57.0 Å². The number of aromatic nitrogens is 3. The van der Waals surface area contributed by atoms with Gasteiger partial charge in [0, 0.05) is 13.7 Å². The normalized spacial score (nSPS) is 13.7. The van der Waals surface area contributed by atoms with Gasteiger partial charge in [-0.05, 0) is 12.3 Å². The number of hydrogen-bond donors (Lipinski definition) is 0. The molecule has 0 spiro atoms. The molecule has 0 aliphatic carbocycles. The predicted octanol–water partition coefficient (Wildman–Crippen LogP) is 1.38. The Balaban J connectivity index is 2.76. The molecule has 1 atom stereocenters. The highest BCUT2D eigenvalue weighted by molar-refractivity contribution is 5.85. The minimum atomic E-state index is -0.399. The maximum absolute atomic E-state index is 12.2. The highest BCUT2D eigenvalue weighted by Gasteiger charge is 2.32. The van der Waals surface area contributed by atoms with Crippen LogP contribution in [0.1, 0.15) is 33.5 Å². The second kappa shape index (κ2) is 5.40. The predicted molar refractivity (Wildman–Crippen MR) is 64.6 cm³/mol. The van der Waals surface area contributed by atoms with Crippen molar-refractivity contribution in [2.24, 2.45) is 12.5 Å². The van der Waals surface area contributed by atoms with Gasteiger partial charge in [-0.1, -0.05) is 20.8 Å². The summed E-state index contributed by atoms with van der Waals surface area (Å²) in [6.07, 6.45) is 1.32. The van der Waals surface area contributed by atoms with Gasteiger partial charge >= 0.3 is 0 Å². The third-order valence-electron chi connectivity index (χ3n) is 2.55. The van der Waals surface area contributed by atoms with E-state index in [9.17, 15) is 4.79 Å². The lowest BCUT2D eigenvalue weighted by atomic mass is 9.85. The van der Waals surface area contributed by atoms with Crippen LogP contribution in [0.5, 0.6) is 0 Å². The van der Waals surface area contributed by atoms with E-state index in [0.717, 1.165) is 0 Å². The van der Waals surface area contributed by atoms with E-state index >= 15 is 0 Å². The smallest absolute Gasteiger partial charge is 0.169 e. The van der Waals surface area contributed by atoms with Gasteiger partial charge in [0.1, 0.15) is 18.3 Å². The van der Waals surface area contributed by atoms with E-state index in [0.29, 0.717) is 12.4 Å². The number of Topliss-reactive ketones (excluding diaryl/α,β-unsaturated/α-hetero) is 1. The minimum Gasteiger partial charge on any atom is -0.370 e. The average molecular weight is 239 g/mol. The number of hydrogen-bond acceptors (Lipinski definition) is 4. The first-order valence-corrected chi connectivity index (χ1v) is 5.83. The molecule has 1 rings (SSSR count). The summed E-state index contributed by atoms with van der Waals surface area (Å²) in [5, 5.41) is 3.95. The highest BCUT2D eigenvalue weighted by Crippen LogP contribution is 2.24. The molecular formula is C12H21N3O2. The third-order valence-corrected chi connectivity index (χ3v) is 2.55. The van der Waals surface area contributed by atoms with Crippen molar-refractivity contribution in [1.82, 2.24) is 14.8 Å². The second-order valence-electron chi connectivity index (χ2n) is 5.14. The van der Waals surface area contributed by atoms with Crippen LogP contribution >= 0.6 is 0 Å². The zero-order chi connectivity index (χ0) is 13.1. The Kier molecular flexibility index (Phi) is 4.40. The molecule has 1 aromatic heterocycles. The van der Waals surface area contributed by atoms with Gasteiger partial charge in [-0.15, -0.1) is 0 Å². The molecule has 0 aliphatic heterocycles. The zero-order valence-corrected chi connectivity index (χ0v) is 11.2. The van der Waals surface area contributed by atoms with Crippen LogP contribution in [-0.2, 0) is 23.0 Å². The number of rotatable bonds is 5. The fourth-order valence-corrected chi connectivity index (χ4v) is 1.72. The Bertz CT molecular complexity index is 379. The summed E-state index contributed by atoms with van der Waals surface area (Å²) in [7, 11) is 1.78. The van der Waals surface area contributed by atoms with Crippen LogP contribution in [0.4, 0.5) is 0 Å². The molecule has 0 aromatic carbocycles. The van der Waals surface area contributed by atoms with Crippen molar-refractivity contribution >= 4 is 5.78 Å². The van der Waals surface area contributed by atoms with Crippen molar-refractivity contribution in [2.75, 3.05) is 6.61 Å². The van der Waals surface area contributed by atoms with Crippen molar-refractivity contribution in [2.45, 2.75) is 40.2 Å². The Morgan fingerprint density at radius 2 is 2.18 bits per heavy atom. The van der Waals surface area contributed by atoms with Gasteiger partial charge in [0.15, 0.2) is 5.78 Å². The molecule has 17 heavy (non-hydrogen) atoms. The SMILES string of the molecule is CCOC(C(=O)Cc1ncnn1C)C(C)(C)C. The number of nitrogens with zero attached hydrogens (tertiary/aromatic N) is 3. The lowest BCUT2D eigenvalue weighted by Crippen LogP contribution is -2.38. The average Bonchev–Trinajstić information content (AvgIpc) is 2.59. The molecule has 0 fully saturated rings. The molecule has 1 unspecified atom stereocenters. The molecule has 0 saturated carbocycles. The molecule has 0 N–H and O–H groups in total. The minimum absolute atomic E-state index is 0.0513. The lowest BCUT2D eigenvalue weighted by molar-refractivity contribution is -0.136. The largest absolute Gasteiger partial charge is 0.370 e. The number of ether oxygens (including phenoxy) is 1. The third kappa shape index (κ3) is 3.63. The maximum atomic E-state index is 12.2. The first-order chi connectivity index (χ1) is 7.86. The van der Waals surface area contributed by atoms with Crippen LogP contribution in [0.3, 0.4) is 0 Å². The fraction of sp³-hybridized carbons (Fsp3) is 0.750. The van der Waals surface area contributed by atoms with E-state index in [-0.39, 0.29) is 17.6 Å². The first-order valence-electron chi connectivity index (χ1n) is 5.83. The zero-order valence-electron chi connectivity index (χ0n) is 11.2. The Hall–Kier alpha value is -1.23. The quantitative estimate of drug-likeness (QED) is 0.779.